The minimum atomic E-state index is -0.179. The molecule has 1 atom stereocenters. The number of nitrogens with zero attached hydrogens (tertiary/aromatic N) is 5. The number of nitrogens with one attached hydrogen (secondary N) is 2. The summed E-state index contributed by atoms with van der Waals surface area (Å²) in [6.07, 6.45) is 9.03. The van der Waals surface area contributed by atoms with Crippen LogP contribution in [0.3, 0.4) is 0 Å². The topological polar surface area (TPSA) is 98.9 Å². The number of amides is 1. The van der Waals surface area contributed by atoms with Crippen molar-refractivity contribution in [1.29, 1.82) is 0 Å². The minimum absolute atomic E-state index is 0.161. The van der Waals surface area contributed by atoms with Gasteiger partial charge in [0.1, 0.15) is 0 Å². The van der Waals surface area contributed by atoms with Crippen molar-refractivity contribution in [3.05, 3.63) is 35.9 Å². The van der Waals surface area contributed by atoms with Gasteiger partial charge in [-0.05, 0) is 19.8 Å². The van der Waals surface area contributed by atoms with E-state index in [0.29, 0.717) is 18.7 Å². The van der Waals surface area contributed by atoms with Gasteiger partial charge in [-0.3, -0.25) is 9.48 Å². The van der Waals surface area contributed by atoms with Crippen LogP contribution < -0.4 is 10.6 Å². The summed E-state index contributed by atoms with van der Waals surface area (Å²) < 4.78 is 9.13. The standard InChI is InChI=1S/C19H25N7O2/c1-3-26-18-15(10-23-26)17(24-14-5-4-6-28-12-14)16(9-20-18)19(27)21-7-13-8-22-25(2)11-13/h8-11,14H,3-7,12H2,1-2H3,(H,20,24)(H,21,27). The lowest BCUT2D eigenvalue weighted by molar-refractivity contribution is 0.0874. The van der Waals surface area contributed by atoms with Gasteiger partial charge in [-0.1, -0.05) is 0 Å². The summed E-state index contributed by atoms with van der Waals surface area (Å²) in [5.74, 6) is -0.179. The van der Waals surface area contributed by atoms with Gasteiger partial charge in [0.2, 0.25) is 0 Å². The normalized spacial score (nSPS) is 17.0. The van der Waals surface area contributed by atoms with Crippen LogP contribution >= 0.6 is 0 Å². The van der Waals surface area contributed by atoms with Gasteiger partial charge < -0.3 is 15.4 Å². The van der Waals surface area contributed by atoms with Crippen molar-refractivity contribution in [2.75, 3.05) is 18.5 Å². The Hall–Kier alpha value is -2.94. The summed E-state index contributed by atoms with van der Waals surface area (Å²) in [5, 5.41) is 15.9. The van der Waals surface area contributed by atoms with Crippen LogP contribution in [0.1, 0.15) is 35.7 Å². The quantitative estimate of drug-likeness (QED) is 0.672. The molecular formula is C19H25N7O2. The molecule has 0 bridgehead atoms. The first-order valence-electron chi connectivity index (χ1n) is 9.60. The number of pyridine rings is 1. The smallest absolute Gasteiger partial charge is 0.255 e. The van der Waals surface area contributed by atoms with Crippen molar-refractivity contribution >= 4 is 22.6 Å². The van der Waals surface area contributed by atoms with Gasteiger partial charge in [0, 0.05) is 50.7 Å². The van der Waals surface area contributed by atoms with Gasteiger partial charge in [0.25, 0.3) is 5.91 Å². The SMILES string of the molecule is CCn1ncc2c(NC3CCCOC3)c(C(=O)NCc3cnn(C)c3)cnc21. The second kappa shape index (κ2) is 7.97. The Morgan fingerprint density at radius 2 is 2.21 bits per heavy atom. The zero-order chi connectivity index (χ0) is 19.5. The van der Waals surface area contributed by atoms with Crippen molar-refractivity contribution in [2.45, 2.75) is 38.9 Å². The average molecular weight is 383 g/mol. The van der Waals surface area contributed by atoms with E-state index >= 15 is 0 Å². The third-order valence-corrected chi connectivity index (χ3v) is 4.93. The molecule has 4 rings (SSSR count). The lowest BCUT2D eigenvalue weighted by Crippen LogP contribution is -2.32. The number of hydrogen-bond donors (Lipinski definition) is 2. The molecule has 9 heteroatoms. The zero-order valence-corrected chi connectivity index (χ0v) is 16.2. The minimum Gasteiger partial charge on any atom is -0.379 e. The van der Waals surface area contributed by atoms with E-state index in [1.54, 1.807) is 23.3 Å². The fourth-order valence-electron chi connectivity index (χ4n) is 3.49. The maximum Gasteiger partial charge on any atom is 0.255 e. The van der Waals surface area contributed by atoms with E-state index in [0.717, 1.165) is 48.3 Å². The number of fused-ring (bicyclic) bond motifs is 1. The molecule has 2 N–H and O–H groups in total. The predicted molar refractivity (Wildman–Crippen MR) is 105 cm³/mol. The lowest BCUT2D eigenvalue weighted by atomic mass is 10.1. The third-order valence-electron chi connectivity index (χ3n) is 4.93. The molecule has 0 spiro atoms. The van der Waals surface area contributed by atoms with Crippen LogP contribution in [0.4, 0.5) is 5.69 Å². The molecule has 1 amide bonds. The summed E-state index contributed by atoms with van der Waals surface area (Å²) in [4.78, 5) is 17.4. The third kappa shape index (κ3) is 3.70. The molecule has 3 aromatic heterocycles. The number of rotatable bonds is 6. The Morgan fingerprint density at radius 1 is 1.32 bits per heavy atom. The van der Waals surface area contributed by atoms with Gasteiger partial charge in [-0.15, -0.1) is 0 Å². The Morgan fingerprint density at radius 3 is 2.93 bits per heavy atom. The highest BCUT2D eigenvalue weighted by atomic mass is 16.5. The fraction of sp³-hybridized carbons (Fsp3) is 0.474. The molecule has 0 saturated carbocycles. The summed E-state index contributed by atoms with van der Waals surface area (Å²) in [7, 11) is 1.85. The van der Waals surface area contributed by atoms with Crippen molar-refractivity contribution < 1.29 is 9.53 Å². The highest BCUT2D eigenvalue weighted by Gasteiger charge is 2.22. The summed E-state index contributed by atoms with van der Waals surface area (Å²) in [6.45, 7) is 4.56. The number of aromatic nitrogens is 5. The first-order valence-corrected chi connectivity index (χ1v) is 9.60. The molecule has 28 heavy (non-hydrogen) atoms. The second-order valence-corrected chi connectivity index (χ2v) is 7.01. The fourth-order valence-corrected chi connectivity index (χ4v) is 3.49. The van der Waals surface area contributed by atoms with Gasteiger partial charge in [0.05, 0.1) is 35.6 Å². The zero-order valence-electron chi connectivity index (χ0n) is 16.2. The van der Waals surface area contributed by atoms with Crippen LogP contribution in [0.15, 0.2) is 24.8 Å². The van der Waals surface area contributed by atoms with E-state index in [-0.39, 0.29) is 11.9 Å². The van der Waals surface area contributed by atoms with Gasteiger partial charge >= 0.3 is 0 Å². The monoisotopic (exact) mass is 383 g/mol. The molecule has 1 aliphatic heterocycles. The van der Waals surface area contributed by atoms with Crippen LogP contribution in [-0.2, 0) is 24.9 Å². The first kappa shape index (κ1) is 18.4. The van der Waals surface area contributed by atoms with Gasteiger partial charge in [-0.25, -0.2) is 9.67 Å². The summed E-state index contributed by atoms with van der Waals surface area (Å²) in [5.41, 5.74) is 2.99. The predicted octanol–water partition coefficient (Wildman–Crippen LogP) is 1.71. The number of aryl methyl sites for hydroxylation is 2. The molecule has 0 aromatic carbocycles. The number of anilines is 1. The maximum atomic E-state index is 12.9. The molecule has 1 saturated heterocycles. The number of carbonyl (C=O) groups excluding carboxylic acids is 1. The van der Waals surface area contributed by atoms with E-state index in [4.69, 9.17) is 4.74 Å². The molecule has 1 fully saturated rings. The van der Waals surface area contributed by atoms with E-state index in [1.165, 1.54) is 0 Å². The van der Waals surface area contributed by atoms with Crippen molar-refractivity contribution in [3.63, 3.8) is 0 Å². The Labute approximate surface area is 163 Å². The summed E-state index contributed by atoms with van der Waals surface area (Å²) in [6, 6.07) is 0.161. The molecule has 1 aliphatic rings. The number of hydrogen-bond acceptors (Lipinski definition) is 6. The molecule has 1 unspecified atom stereocenters. The first-order chi connectivity index (χ1) is 13.7. The number of ether oxygens (including phenoxy) is 1. The van der Waals surface area contributed by atoms with Crippen LogP contribution in [0.25, 0.3) is 11.0 Å². The summed E-state index contributed by atoms with van der Waals surface area (Å²) >= 11 is 0. The molecule has 148 valence electrons. The van der Waals surface area contributed by atoms with Gasteiger partial charge in [-0.2, -0.15) is 10.2 Å². The molecule has 4 heterocycles. The van der Waals surface area contributed by atoms with Crippen LogP contribution in [0, 0.1) is 0 Å². The van der Waals surface area contributed by atoms with Crippen LogP contribution in [0.2, 0.25) is 0 Å². The van der Waals surface area contributed by atoms with E-state index in [2.05, 4.69) is 25.8 Å². The van der Waals surface area contributed by atoms with Crippen molar-refractivity contribution in [3.8, 4) is 0 Å². The number of carbonyl (C=O) groups is 1. The Balaban J connectivity index is 1.63. The van der Waals surface area contributed by atoms with E-state index in [1.807, 2.05) is 24.9 Å². The van der Waals surface area contributed by atoms with E-state index in [9.17, 15) is 4.79 Å². The Bertz CT molecular complexity index is 972. The molecular weight excluding hydrogens is 358 g/mol. The van der Waals surface area contributed by atoms with Crippen molar-refractivity contribution in [2.24, 2.45) is 7.05 Å². The van der Waals surface area contributed by atoms with Gasteiger partial charge in [0.15, 0.2) is 5.65 Å². The van der Waals surface area contributed by atoms with Crippen LogP contribution in [0.5, 0.6) is 0 Å². The second-order valence-electron chi connectivity index (χ2n) is 7.01. The van der Waals surface area contributed by atoms with Crippen molar-refractivity contribution in [1.82, 2.24) is 29.9 Å². The molecule has 0 aliphatic carbocycles. The molecule has 3 aromatic rings. The highest BCUT2D eigenvalue weighted by Crippen LogP contribution is 2.28. The largest absolute Gasteiger partial charge is 0.379 e. The Kier molecular flexibility index (Phi) is 5.25. The average Bonchev–Trinajstić information content (AvgIpc) is 3.33. The lowest BCUT2D eigenvalue weighted by Gasteiger charge is -2.25. The van der Waals surface area contributed by atoms with Crippen LogP contribution in [-0.4, -0.2) is 49.7 Å². The molecule has 0 radical (unpaired) electrons. The maximum absolute atomic E-state index is 12.9. The van der Waals surface area contributed by atoms with E-state index < -0.39 is 0 Å². The highest BCUT2D eigenvalue weighted by molar-refractivity contribution is 6.06. The molecule has 9 nitrogen and oxygen atoms in total.